The smallest absolute Gasteiger partial charge is 0.287 e. The van der Waals surface area contributed by atoms with Gasteiger partial charge in [0.1, 0.15) is 12.0 Å². The van der Waals surface area contributed by atoms with Gasteiger partial charge in [-0.05, 0) is 19.4 Å². The molecule has 5 heteroatoms. The summed E-state index contributed by atoms with van der Waals surface area (Å²) in [5.74, 6) is 6.19. The summed E-state index contributed by atoms with van der Waals surface area (Å²) in [4.78, 5) is 13.9. The van der Waals surface area contributed by atoms with Crippen molar-refractivity contribution in [2.45, 2.75) is 13.8 Å². The van der Waals surface area contributed by atoms with E-state index in [0.29, 0.717) is 12.4 Å². The molecule has 0 aliphatic heterocycles. The Balaban J connectivity index is 2.82. The molecular weight excluding hydrogens is 194 g/mol. The summed E-state index contributed by atoms with van der Waals surface area (Å²) >= 11 is 0. The van der Waals surface area contributed by atoms with Gasteiger partial charge in [-0.15, -0.1) is 5.92 Å². The molecule has 0 fully saturated rings. The van der Waals surface area contributed by atoms with E-state index in [1.54, 1.807) is 13.8 Å². The van der Waals surface area contributed by atoms with Crippen LogP contribution in [-0.2, 0) is 0 Å². The van der Waals surface area contributed by atoms with Gasteiger partial charge in [0.2, 0.25) is 0 Å². The molecule has 0 atom stereocenters. The highest BCUT2D eigenvalue weighted by Crippen LogP contribution is 2.17. The van der Waals surface area contributed by atoms with Crippen molar-refractivity contribution in [2.24, 2.45) is 0 Å². The fraction of sp³-hybridized carbons (Fsp3) is 0.300. The van der Waals surface area contributed by atoms with Gasteiger partial charge >= 0.3 is 0 Å². The van der Waals surface area contributed by atoms with E-state index in [0.717, 1.165) is 5.56 Å². The number of hydrogen-bond donors (Lipinski definition) is 1. The first kappa shape index (κ1) is 11.0. The largest absolute Gasteiger partial charge is 0.359 e. The molecule has 1 rings (SSSR count). The van der Waals surface area contributed by atoms with Crippen molar-refractivity contribution in [1.29, 1.82) is 0 Å². The Morgan fingerprint density at radius 1 is 1.67 bits per heavy atom. The average Bonchev–Trinajstić information content (AvgIpc) is 2.20. The molecule has 78 valence electrons. The highest BCUT2D eigenvalue weighted by atomic mass is 16.6. The number of aryl methyl sites for hydroxylation is 1. The molecule has 0 radical (unpaired) electrons. The Morgan fingerprint density at radius 3 is 2.93 bits per heavy atom. The Labute approximate surface area is 87.7 Å². The molecule has 0 aromatic carbocycles. The predicted molar refractivity (Wildman–Crippen MR) is 57.6 cm³/mol. The average molecular weight is 205 g/mol. The number of nitrogens with one attached hydrogen (secondary N) is 1. The summed E-state index contributed by atoms with van der Waals surface area (Å²) in [7, 11) is 0. The highest BCUT2D eigenvalue weighted by molar-refractivity contribution is 5.48. The monoisotopic (exact) mass is 205 g/mol. The van der Waals surface area contributed by atoms with E-state index < -0.39 is 4.92 Å². The molecule has 0 unspecified atom stereocenters. The predicted octanol–water partition coefficient (Wildman–Crippen LogP) is 1.73. The zero-order valence-electron chi connectivity index (χ0n) is 8.57. The first-order valence-corrected chi connectivity index (χ1v) is 4.39. The Morgan fingerprint density at radius 2 is 2.40 bits per heavy atom. The maximum absolute atomic E-state index is 10.4. The van der Waals surface area contributed by atoms with Crippen LogP contribution < -0.4 is 5.32 Å². The molecule has 0 bridgehead atoms. The fourth-order valence-electron chi connectivity index (χ4n) is 1.06. The van der Waals surface area contributed by atoms with Crippen molar-refractivity contribution in [3.63, 3.8) is 0 Å². The third kappa shape index (κ3) is 2.95. The standard InChI is InChI=1S/C10H11N3O2/c1-3-4-5-11-10-8(2)6-9(7-12-10)13(14)15/h6-7H,5H2,1-2H3,(H,11,12). The zero-order chi connectivity index (χ0) is 11.3. The van der Waals surface area contributed by atoms with Crippen molar-refractivity contribution in [2.75, 3.05) is 11.9 Å². The van der Waals surface area contributed by atoms with E-state index in [1.807, 2.05) is 0 Å². The van der Waals surface area contributed by atoms with E-state index in [9.17, 15) is 10.1 Å². The molecule has 5 nitrogen and oxygen atoms in total. The summed E-state index contributed by atoms with van der Waals surface area (Å²) in [5, 5.41) is 13.4. The summed E-state index contributed by atoms with van der Waals surface area (Å²) in [5.41, 5.74) is 0.738. The van der Waals surface area contributed by atoms with Crippen LogP contribution in [-0.4, -0.2) is 16.5 Å². The molecule has 1 heterocycles. The normalized spacial score (nSPS) is 8.93. The Hall–Kier alpha value is -2.09. The molecule has 0 amide bonds. The van der Waals surface area contributed by atoms with Gasteiger partial charge < -0.3 is 5.32 Å². The van der Waals surface area contributed by atoms with Crippen molar-refractivity contribution >= 4 is 11.5 Å². The van der Waals surface area contributed by atoms with Crippen LogP contribution in [0.3, 0.4) is 0 Å². The van der Waals surface area contributed by atoms with Gasteiger partial charge in [-0.25, -0.2) is 4.98 Å². The van der Waals surface area contributed by atoms with Crippen molar-refractivity contribution in [3.05, 3.63) is 27.9 Å². The van der Waals surface area contributed by atoms with Gasteiger partial charge in [0.15, 0.2) is 0 Å². The second-order valence-corrected chi connectivity index (χ2v) is 2.90. The minimum atomic E-state index is -0.463. The molecule has 1 N–H and O–H groups in total. The molecule has 15 heavy (non-hydrogen) atoms. The molecule has 1 aromatic rings. The minimum Gasteiger partial charge on any atom is -0.359 e. The van der Waals surface area contributed by atoms with Gasteiger partial charge in [0.05, 0.1) is 11.5 Å². The van der Waals surface area contributed by atoms with Gasteiger partial charge in [0, 0.05) is 6.07 Å². The number of anilines is 1. The van der Waals surface area contributed by atoms with Crippen molar-refractivity contribution < 1.29 is 4.92 Å². The van der Waals surface area contributed by atoms with E-state index in [4.69, 9.17) is 0 Å². The maximum atomic E-state index is 10.4. The van der Waals surface area contributed by atoms with E-state index in [2.05, 4.69) is 22.1 Å². The molecule has 0 aliphatic rings. The third-order valence-corrected chi connectivity index (χ3v) is 1.80. The number of pyridine rings is 1. The second kappa shape index (κ2) is 4.96. The van der Waals surface area contributed by atoms with Gasteiger partial charge in [-0.2, -0.15) is 0 Å². The lowest BCUT2D eigenvalue weighted by atomic mass is 10.2. The van der Waals surface area contributed by atoms with E-state index in [-0.39, 0.29) is 5.69 Å². The number of rotatable bonds is 3. The van der Waals surface area contributed by atoms with Crippen LogP contribution in [0.5, 0.6) is 0 Å². The van der Waals surface area contributed by atoms with E-state index >= 15 is 0 Å². The van der Waals surface area contributed by atoms with Crippen LogP contribution in [0.15, 0.2) is 12.3 Å². The van der Waals surface area contributed by atoms with Crippen LogP contribution in [0.1, 0.15) is 12.5 Å². The van der Waals surface area contributed by atoms with Crippen molar-refractivity contribution in [1.82, 2.24) is 4.98 Å². The van der Waals surface area contributed by atoms with Crippen LogP contribution in [0.4, 0.5) is 11.5 Å². The van der Waals surface area contributed by atoms with Gasteiger partial charge in [-0.1, -0.05) is 5.92 Å². The summed E-state index contributed by atoms with van der Waals surface area (Å²) in [6.45, 7) is 4.00. The van der Waals surface area contributed by atoms with Crippen LogP contribution in [0.2, 0.25) is 0 Å². The lowest BCUT2D eigenvalue weighted by molar-refractivity contribution is -0.385. The minimum absolute atomic E-state index is 0.000347. The van der Waals surface area contributed by atoms with Crippen LogP contribution in [0, 0.1) is 28.9 Å². The zero-order valence-corrected chi connectivity index (χ0v) is 8.57. The lowest BCUT2D eigenvalue weighted by Gasteiger charge is -2.04. The number of hydrogen-bond acceptors (Lipinski definition) is 4. The molecule has 0 saturated carbocycles. The van der Waals surface area contributed by atoms with Gasteiger partial charge in [-0.3, -0.25) is 10.1 Å². The Bertz CT molecular complexity index is 432. The van der Waals surface area contributed by atoms with Crippen LogP contribution >= 0.6 is 0 Å². The number of nitrogens with zero attached hydrogens (tertiary/aromatic N) is 2. The fourth-order valence-corrected chi connectivity index (χ4v) is 1.06. The van der Waals surface area contributed by atoms with Crippen molar-refractivity contribution in [3.8, 4) is 11.8 Å². The molecular formula is C10H11N3O2. The number of nitro groups is 1. The lowest BCUT2D eigenvalue weighted by Crippen LogP contribution is -2.03. The summed E-state index contributed by atoms with van der Waals surface area (Å²) < 4.78 is 0. The first-order chi connectivity index (χ1) is 7.15. The summed E-state index contributed by atoms with van der Waals surface area (Å²) in [6.07, 6.45) is 1.23. The molecule has 1 aromatic heterocycles. The quantitative estimate of drug-likeness (QED) is 0.463. The highest BCUT2D eigenvalue weighted by Gasteiger charge is 2.08. The molecule has 0 spiro atoms. The van der Waals surface area contributed by atoms with Crippen LogP contribution in [0.25, 0.3) is 0 Å². The Kier molecular flexibility index (Phi) is 3.63. The SMILES string of the molecule is CC#CCNc1ncc([N+](=O)[O-])cc1C. The topological polar surface area (TPSA) is 68.1 Å². The van der Waals surface area contributed by atoms with Gasteiger partial charge in [0.25, 0.3) is 5.69 Å². The second-order valence-electron chi connectivity index (χ2n) is 2.90. The first-order valence-electron chi connectivity index (χ1n) is 4.39. The summed E-state index contributed by atoms with van der Waals surface area (Å²) in [6, 6.07) is 1.48. The number of aromatic nitrogens is 1. The van der Waals surface area contributed by atoms with E-state index in [1.165, 1.54) is 12.3 Å². The maximum Gasteiger partial charge on any atom is 0.287 e. The third-order valence-electron chi connectivity index (χ3n) is 1.80. The molecule has 0 aliphatic carbocycles. The molecule has 0 saturated heterocycles.